The minimum atomic E-state index is -0.837. The van der Waals surface area contributed by atoms with Gasteiger partial charge in [0.25, 0.3) is 5.91 Å². The lowest BCUT2D eigenvalue weighted by Gasteiger charge is -2.33. The van der Waals surface area contributed by atoms with Crippen LogP contribution in [0.1, 0.15) is 59.9 Å². The average molecular weight is 440 g/mol. The zero-order valence-corrected chi connectivity index (χ0v) is 18.9. The minimum absolute atomic E-state index is 0.240. The predicted molar refractivity (Wildman–Crippen MR) is 119 cm³/mol. The Hall–Kier alpha value is -2.96. The number of nitrogens with zero attached hydrogens (tertiary/aromatic N) is 2. The molecule has 1 N–H and O–H groups in total. The van der Waals surface area contributed by atoms with E-state index in [1.54, 1.807) is 12.1 Å². The molecule has 7 heteroatoms. The highest BCUT2D eigenvalue weighted by molar-refractivity contribution is 6.11. The maximum Gasteiger partial charge on any atom is 0.325 e. The number of aryl methyl sites for hydroxylation is 2. The zero-order chi connectivity index (χ0) is 23.0. The zero-order valence-electron chi connectivity index (χ0n) is 18.9. The van der Waals surface area contributed by atoms with E-state index in [-0.39, 0.29) is 24.1 Å². The summed E-state index contributed by atoms with van der Waals surface area (Å²) in [7, 11) is 0. The number of hydrogen-bond acceptors (Lipinski definition) is 3. The number of carbonyl (C=O) groups is 3. The van der Waals surface area contributed by atoms with Crippen LogP contribution in [0, 0.1) is 25.6 Å². The second kappa shape index (κ2) is 8.52. The quantitative estimate of drug-likeness (QED) is 0.542. The van der Waals surface area contributed by atoms with Gasteiger partial charge in [-0.3, -0.25) is 14.5 Å². The van der Waals surface area contributed by atoms with Crippen LogP contribution in [-0.4, -0.2) is 39.3 Å². The summed E-state index contributed by atoms with van der Waals surface area (Å²) in [6.45, 7) is 6.37. The number of Topliss-reactive ketones (excluding diaryl/α,β-unsaturated/α-hetero) is 1. The predicted octanol–water partition coefficient (Wildman–Crippen LogP) is 4.17. The van der Waals surface area contributed by atoms with E-state index in [0.717, 1.165) is 34.7 Å². The Kier molecular flexibility index (Phi) is 5.93. The Labute approximate surface area is 187 Å². The first-order valence-corrected chi connectivity index (χ1v) is 11.3. The number of nitrogens with one attached hydrogen (secondary N) is 1. The monoisotopic (exact) mass is 439 g/mol. The summed E-state index contributed by atoms with van der Waals surface area (Å²) < 4.78 is 15.2. The Morgan fingerprint density at radius 2 is 1.81 bits per heavy atom. The molecule has 2 aliphatic rings. The van der Waals surface area contributed by atoms with E-state index in [4.69, 9.17) is 0 Å². The summed E-state index contributed by atoms with van der Waals surface area (Å²) in [5, 5.41) is 2.87. The molecule has 2 heterocycles. The first-order valence-electron chi connectivity index (χ1n) is 11.3. The molecule has 32 heavy (non-hydrogen) atoms. The van der Waals surface area contributed by atoms with E-state index in [9.17, 15) is 18.8 Å². The van der Waals surface area contributed by atoms with Gasteiger partial charge in [0, 0.05) is 23.5 Å². The molecule has 2 fully saturated rings. The molecule has 0 radical (unpaired) electrons. The molecule has 1 aromatic heterocycles. The molecule has 4 rings (SSSR count). The lowest BCUT2D eigenvalue weighted by molar-refractivity contribution is -0.132. The van der Waals surface area contributed by atoms with E-state index in [2.05, 4.69) is 12.2 Å². The fraction of sp³-hybridized carbons (Fsp3) is 0.480. The summed E-state index contributed by atoms with van der Waals surface area (Å²) in [6, 6.07) is 7.75. The number of hydrogen-bond donors (Lipinski definition) is 1. The van der Waals surface area contributed by atoms with E-state index in [1.165, 1.54) is 12.1 Å². The number of imide groups is 1. The van der Waals surface area contributed by atoms with Crippen LogP contribution in [0.3, 0.4) is 0 Å². The van der Waals surface area contributed by atoms with Crippen molar-refractivity contribution in [2.24, 2.45) is 5.92 Å². The van der Waals surface area contributed by atoms with Crippen LogP contribution in [0.2, 0.25) is 0 Å². The maximum atomic E-state index is 13.1. The summed E-state index contributed by atoms with van der Waals surface area (Å²) >= 11 is 0. The number of benzene rings is 1. The van der Waals surface area contributed by atoms with Crippen molar-refractivity contribution in [1.82, 2.24) is 14.8 Å². The van der Waals surface area contributed by atoms with Crippen molar-refractivity contribution in [2.75, 3.05) is 6.54 Å². The second-order valence-electron chi connectivity index (χ2n) is 9.32. The lowest BCUT2D eigenvalue weighted by Crippen LogP contribution is -2.49. The van der Waals surface area contributed by atoms with Gasteiger partial charge in [-0.2, -0.15) is 0 Å². The summed E-state index contributed by atoms with van der Waals surface area (Å²) in [5.74, 6) is -0.231. The average Bonchev–Trinajstić information content (AvgIpc) is 3.17. The number of halogens is 1. The highest BCUT2D eigenvalue weighted by Gasteiger charge is 2.52. The second-order valence-corrected chi connectivity index (χ2v) is 9.32. The molecule has 2 aromatic rings. The van der Waals surface area contributed by atoms with Gasteiger partial charge in [-0.15, -0.1) is 0 Å². The van der Waals surface area contributed by atoms with Gasteiger partial charge in [-0.25, -0.2) is 9.18 Å². The van der Waals surface area contributed by atoms with Crippen LogP contribution in [0.5, 0.6) is 0 Å². The van der Waals surface area contributed by atoms with E-state index in [1.807, 2.05) is 24.5 Å². The third-order valence-corrected chi connectivity index (χ3v) is 7.09. The fourth-order valence-corrected chi connectivity index (χ4v) is 4.96. The molecule has 1 aliphatic heterocycles. The Balaban J connectivity index is 1.45. The number of amides is 3. The molecule has 0 bridgehead atoms. The van der Waals surface area contributed by atoms with Gasteiger partial charge in [0.1, 0.15) is 11.4 Å². The van der Waals surface area contributed by atoms with Crippen molar-refractivity contribution in [3.63, 3.8) is 0 Å². The van der Waals surface area contributed by atoms with Crippen LogP contribution >= 0.6 is 0 Å². The third-order valence-electron chi connectivity index (χ3n) is 7.09. The van der Waals surface area contributed by atoms with Crippen molar-refractivity contribution in [2.45, 2.75) is 65.0 Å². The Morgan fingerprint density at radius 3 is 2.47 bits per heavy atom. The standard InChI is InChI=1S/C25H30FN3O3/c1-16-8-11-25(12-9-16)23(31)29(24(32)27-25)15-22(30)21-14-17(2)28(18(21)3)13-10-19-4-6-20(26)7-5-19/h4-7,14,16H,8-13,15H2,1-3H3,(H,27,32). The van der Waals surface area contributed by atoms with Crippen LogP contribution in [-0.2, 0) is 17.8 Å². The molecule has 3 amide bonds. The highest BCUT2D eigenvalue weighted by Crippen LogP contribution is 2.36. The summed E-state index contributed by atoms with van der Waals surface area (Å²) in [6.07, 6.45) is 3.74. The number of carbonyl (C=O) groups excluding carboxylic acids is 3. The molecule has 6 nitrogen and oxygen atoms in total. The molecule has 1 aliphatic carbocycles. The summed E-state index contributed by atoms with van der Waals surface area (Å²) in [5.41, 5.74) is 2.44. The minimum Gasteiger partial charge on any atom is -0.348 e. The smallest absolute Gasteiger partial charge is 0.325 e. The van der Waals surface area contributed by atoms with Gasteiger partial charge >= 0.3 is 6.03 Å². The van der Waals surface area contributed by atoms with Gasteiger partial charge in [0.05, 0.1) is 6.54 Å². The third kappa shape index (κ3) is 4.08. The first-order chi connectivity index (χ1) is 15.2. The number of urea groups is 1. The molecule has 1 aromatic carbocycles. The lowest BCUT2D eigenvalue weighted by atomic mass is 9.77. The molecular formula is C25H30FN3O3. The van der Waals surface area contributed by atoms with Gasteiger partial charge in [-0.05, 0) is 75.6 Å². The largest absolute Gasteiger partial charge is 0.348 e. The van der Waals surface area contributed by atoms with Gasteiger partial charge in [0.2, 0.25) is 0 Å². The number of ketones is 1. The molecule has 1 saturated heterocycles. The molecule has 1 saturated carbocycles. The van der Waals surface area contributed by atoms with Gasteiger partial charge in [0.15, 0.2) is 5.78 Å². The van der Waals surface area contributed by atoms with Crippen LogP contribution < -0.4 is 5.32 Å². The van der Waals surface area contributed by atoms with Crippen molar-refractivity contribution in [3.05, 3.63) is 58.7 Å². The normalized spacial score (nSPS) is 23.1. The van der Waals surface area contributed by atoms with Crippen LogP contribution in [0.15, 0.2) is 30.3 Å². The fourth-order valence-electron chi connectivity index (χ4n) is 4.96. The molecule has 0 atom stereocenters. The molecular weight excluding hydrogens is 409 g/mol. The van der Waals surface area contributed by atoms with Crippen LogP contribution in [0.25, 0.3) is 0 Å². The van der Waals surface area contributed by atoms with Crippen molar-refractivity contribution >= 4 is 17.7 Å². The highest BCUT2D eigenvalue weighted by atomic mass is 19.1. The Morgan fingerprint density at radius 1 is 1.16 bits per heavy atom. The molecule has 0 unspecified atom stereocenters. The van der Waals surface area contributed by atoms with Crippen LogP contribution in [0.4, 0.5) is 9.18 Å². The van der Waals surface area contributed by atoms with Gasteiger partial charge < -0.3 is 9.88 Å². The Bertz CT molecular complexity index is 1050. The van der Waals surface area contributed by atoms with Gasteiger partial charge in [-0.1, -0.05) is 19.1 Å². The molecule has 170 valence electrons. The van der Waals surface area contributed by atoms with E-state index < -0.39 is 11.6 Å². The maximum absolute atomic E-state index is 13.1. The van der Waals surface area contributed by atoms with Crippen molar-refractivity contribution in [1.29, 1.82) is 0 Å². The molecule has 1 spiro atoms. The van der Waals surface area contributed by atoms with Crippen molar-refractivity contribution < 1.29 is 18.8 Å². The topological polar surface area (TPSA) is 71.4 Å². The number of aromatic nitrogens is 1. The first kappa shape index (κ1) is 22.2. The number of rotatable bonds is 6. The van der Waals surface area contributed by atoms with E-state index >= 15 is 0 Å². The van der Waals surface area contributed by atoms with Crippen molar-refractivity contribution in [3.8, 4) is 0 Å². The van der Waals surface area contributed by atoms with E-state index in [0.29, 0.717) is 37.3 Å². The SMILES string of the molecule is Cc1cc(C(=O)CN2C(=O)NC3(CCC(C)CC3)C2=O)c(C)n1CCc1ccc(F)cc1. The summed E-state index contributed by atoms with van der Waals surface area (Å²) in [4.78, 5) is 39.8.